The van der Waals surface area contributed by atoms with Crippen LogP contribution in [0.15, 0.2) is 17.6 Å². The molecule has 2 N–H and O–H groups in total. The lowest BCUT2D eigenvalue weighted by molar-refractivity contribution is 0.0691. The van der Waals surface area contributed by atoms with Gasteiger partial charge in [0.1, 0.15) is 0 Å². The highest BCUT2D eigenvalue weighted by Crippen LogP contribution is 2.12. The highest BCUT2D eigenvalue weighted by atomic mass is 32.1. The number of rotatable bonds is 8. The van der Waals surface area contributed by atoms with E-state index in [0.29, 0.717) is 31.4 Å². The minimum absolute atomic E-state index is 0.0845. The minimum atomic E-state index is -1.01. The summed E-state index contributed by atoms with van der Waals surface area (Å²) in [6.07, 6.45) is 3.16. The zero-order valence-electron chi connectivity index (χ0n) is 11.6. The van der Waals surface area contributed by atoms with Crippen molar-refractivity contribution >= 4 is 23.3 Å². The molecule has 0 aliphatic heterocycles. The van der Waals surface area contributed by atoms with Gasteiger partial charge in [0.15, 0.2) is 5.69 Å². The summed E-state index contributed by atoms with van der Waals surface area (Å²) in [5.41, 5.74) is 0.0845. The maximum atomic E-state index is 10.7. The van der Waals surface area contributed by atoms with E-state index in [1.165, 1.54) is 16.7 Å². The number of carboxylic acid groups (broad SMARTS) is 1. The molecule has 112 valence electrons. The number of aromatic nitrogens is 3. The summed E-state index contributed by atoms with van der Waals surface area (Å²) in [5, 5.41) is 14.2. The van der Waals surface area contributed by atoms with E-state index < -0.39 is 5.97 Å². The smallest absolute Gasteiger partial charge is 0.355 e. The van der Waals surface area contributed by atoms with Crippen molar-refractivity contribution in [1.29, 1.82) is 0 Å². The molecule has 0 aliphatic carbocycles. The van der Waals surface area contributed by atoms with Crippen molar-refractivity contribution in [3.05, 3.63) is 28.3 Å². The first kappa shape index (κ1) is 15.2. The lowest BCUT2D eigenvalue weighted by Crippen LogP contribution is -2.09. The van der Waals surface area contributed by atoms with Crippen molar-refractivity contribution < 1.29 is 14.6 Å². The van der Waals surface area contributed by atoms with E-state index in [9.17, 15) is 4.79 Å². The summed E-state index contributed by atoms with van der Waals surface area (Å²) in [6, 6.07) is 1.71. The molecule has 0 fully saturated rings. The van der Waals surface area contributed by atoms with Crippen LogP contribution in [0, 0.1) is 0 Å². The Morgan fingerprint density at radius 1 is 1.48 bits per heavy atom. The van der Waals surface area contributed by atoms with Crippen LogP contribution in [0.25, 0.3) is 0 Å². The summed E-state index contributed by atoms with van der Waals surface area (Å²) >= 11 is 1.33. The molecule has 0 radical (unpaired) electrons. The van der Waals surface area contributed by atoms with Crippen LogP contribution >= 0.6 is 11.3 Å². The van der Waals surface area contributed by atoms with Gasteiger partial charge >= 0.3 is 5.97 Å². The van der Waals surface area contributed by atoms with E-state index in [4.69, 9.17) is 9.84 Å². The third-order valence-electron chi connectivity index (χ3n) is 2.48. The number of carboxylic acids is 1. The summed E-state index contributed by atoms with van der Waals surface area (Å²) in [6.45, 7) is 3.22. The van der Waals surface area contributed by atoms with E-state index in [0.717, 1.165) is 11.4 Å². The van der Waals surface area contributed by atoms with Crippen molar-refractivity contribution in [1.82, 2.24) is 15.0 Å². The van der Waals surface area contributed by atoms with Crippen molar-refractivity contribution in [3.63, 3.8) is 0 Å². The van der Waals surface area contributed by atoms with Crippen molar-refractivity contribution in [2.24, 2.45) is 0 Å². The predicted octanol–water partition coefficient (Wildman–Crippen LogP) is 2.07. The van der Waals surface area contributed by atoms with Gasteiger partial charge in [-0.25, -0.2) is 14.8 Å². The van der Waals surface area contributed by atoms with E-state index in [2.05, 4.69) is 20.3 Å². The van der Waals surface area contributed by atoms with Gasteiger partial charge in [-0.2, -0.15) is 4.98 Å². The monoisotopic (exact) mass is 308 g/mol. The van der Waals surface area contributed by atoms with Gasteiger partial charge in [0.05, 0.1) is 11.6 Å². The van der Waals surface area contributed by atoms with Crippen LogP contribution in [0.2, 0.25) is 0 Å². The van der Waals surface area contributed by atoms with Crippen LogP contribution in [-0.2, 0) is 6.42 Å². The molecule has 0 saturated heterocycles. The topological polar surface area (TPSA) is 97.2 Å². The van der Waals surface area contributed by atoms with E-state index >= 15 is 0 Å². The Kier molecular flexibility index (Phi) is 5.44. The van der Waals surface area contributed by atoms with Crippen LogP contribution in [0.1, 0.15) is 28.8 Å². The van der Waals surface area contributed by atoms with Crippen molar-refractivity contribution in [2.45, 2.75) is 19.8 Å². The molecular formula is C13H16N4O3S. The molecule has 0 saturated carbocycles. The van der Waals surface area contributed by atoms with Gasteiger partial charge in [0, 0.05) is 30.6 Å². The van der Waals surface area contributed by atoms with Crippen LogP contribution in [0.3, 0.4) is 0 Å². The summed E-state index contributed by atoms with van der Waals surface area (Å²) in [4.78, 5) is 23.1. The summed E-state index contributed by atoms with van der Waals surface area (Å²) in [7, 11) is 0. The zero-order valence-corrected chi connectivity index (χ0v) is 12.4. The number of nitrogens with zero attached hydrogens (tertiary/aromatic N) is 3. The van der Waals surface area contributed by atoms with Crippen LogP contribution in [0.5, 0.6) is 5.88 Å². The molecule has 0 aromatic carbocycles. The van der Waals surface area contributed by atoms with Crippen molar-refractivity contribution in [2.75, 3.05) is 18.5 Å². The van der Waals surface area contributed by atoms with Crippen molar-refractivity contribution in [3.8, 4) is 5.88 Å². The molecule has 0 bridgehead atoms. The largest absolute Gasteiger partial charge is 0.478 e. The Morgan fingerprint density at radius 3 is 3.05 bits per heavy atom. The first-order valence-corrected chi connectivity index (χ1v) is 7.44. The standard InChI is InChI=1S/C13H16N4O3S/c1-2-7-20-10-3-5-14-13(17-10)15-6-4-11-16-9(8-21-11)12(18)19/h3,5,8H,2,4,6-7H2,1H3,(H,18,19)(H,14,15,17). The Balaban J connectivity index is 1.83. The summed E-state index contributed by atoms with van der Waals surface area (Å²) in [5.74, 6) is 0.0185. The second-order valence-corrected chi connectivity index (χ2v) is 5.12. The quantitative estimate of drug-likeness (QED) is 0.770. The third kappa shape index (κ3) is 4.67. The Hall–Kier alpha value is -2.22. The lowest BCUT2D eigenvalue weighted by atomic mass is 10.4. The molecule has 2 rings (SSSR count). The molecule has 2 aromatic heterocycles. The average molecular weight is 308 g/mol. The van der Waals surface area contributed by atoms with E-state index in [1.807, 2.05) is 6.92 Å². The molecular weight excluding hydrogens is 292 g/mol. The van der Waals surface area contributed by atoms with Crippen LogP contribution in [0.4, 0.5) is 5.95 Å². The predicted molar refractivity (Wildman–Crippen MR) is 79.1 cm³/mol. The molecule has 0 atom stereocenters. The second kappa shape index (κ2) is 7.53. The molecule has 0 spiro atoms. The van der Waals surface area contributed by atoms with E-state index in [1.54, 1.807) is 12.3 Å². The highest BCUT2D eigenvalue weighted by Gasteiger charge is 2.08. The number of hydrogen-bond donors (Lipinski definition) is 2. The maximum Gasteiger partial charge on any atom is 0.355 e. The van der Waals surface area contributed by atoms with Gasteiger partial charge in [-0.1, -0.05) is 6.92 Å². The third-order valence-corrected chi connectivity index (χ3v) is 3.39. The SMILES string of the molecule is CCCOc1ccnc(NCCc2nc(C(=O)O)cs2)n1. The fourth-order valence-electron chi connectivity index (χ4n) is 1.52. The number of carbonyl (C=O) groups is 1. The number of nitrogens with one attached hydrogen (secondary N) is 1. The molecule has 2 heterocycles. The average Bonchev–Trinajstić information content (AvgIpc) is 2.95. The Bertz CT molecular complexity index is 603. The number of thiazole rings is 1. The molecule has 0 unspecified atom stereocenters. The van der Waals surface area contributed by atoms with Gasteiger partial charge in [-0.15, -0.1) is 11.3 Å². The number of hydrogen-bond acceptors (Lipinski definition) is 7. The lowest BCUT2D eigenvalue weighted by Gasteiger charge is -2.06. The molecule has 2 aromatic rings. The Morgan fingerprint density at radius 2 is 2.33 bits per heavy atom. The Labute approximate surface area is 126 Å². The van der Waals surface area contributed by atoms with Gasteiger partial charge in [-0.3, -0.25) is 0 Å². The fraction of sp³-hybridized carbons (Fsp3) is 0.385. The van der Waals surface area contributed by atoms with Gasteiger partial charge in [-0.05, 0) is 6.42 Å². The van der Waals surface area contributed by atoms with E-state index in [-0.39, 0.29) is 5.69 Å². The van der Waals surface area contributed by atoms with Gasteiger partial charge in [0.2, 0.25) is 11.8 Å². The van der Waals surface area contributed by atoms with Crippen LogP contribution < -0.4 is 10.1 Å². The molecule has 0 amide bonds. The minimum Gasteiger partial charge on any atom is -0.478 e. The second-order valence-electron chi connectivity index (χ2n) is 4.18. The van der Waals surface area contributed by atoms with Gasteiger partial charge < -0.3 is 15.2 Å². The highest BCUT2D eigenvalue weighted by molar-refractivity contribution is 7.09. The summed E-state index contributed by atoms with van der Waals surface area (Å²) < 4.78 is 5.42. The molecule has 8 heteroatoms. The first-order valence-electron chi connectivity index (χ1n) is 6.56. The molecule has 21 heavy (non-hydrogen) atoms. The zero-order chi connectivity index (χ0) is 15.1. The van der Waals surface area contributed by atoms with Crippen LogP contribution in [-0.4, -0.2) is 39.2 Å². The molecule has 0 aliphatic rings. The number of aromatic carboxylic acids is 1. The normalized spacial score (nSPS) is 10.3. The fourth-order valence-corrected chi connectivity index (χ4v) is 2.29. The first-order chi connectivity index (χ1) is 10.2. The number of anilines is 1. The molecule has 7 nitrogen and oxygen atoms in total. The maximum absolute atomic E-state index is 10.7. The number of ether oxygens (including phenoxy) is 1. The van der Waals surface area contributed by atoms with Gasteiger partial charge in [0.25, 0.3) is 0 Å².